The maximum Gasteiger partial charge on any atom is 0.230 e. The lowest BCUT2D eigenvalue weighted by Crippen LogP contribution is -2.14. The van der Waals surface area contributed by atoms with Crippen LogP contribution in [0.2, 0.25) is 10.0 Å². The number of hydrogen-bond donors (Lipinski definition) is 1. The monoisotopic (exact) mass is 382 g/mol. The standard InChI is InChI=1S/C17H10Cl2F2N2O2/c18-13-4-2-10(6-14(13)19)22-17(24)8-11-7-16(25-23-11)12-3-1-9(20)5-15(12)21/h1-7H,8H2,(H,22,24). The molecule has 3 aromatic rings. The first-order valence-corrected chi connectivity index (χ1v) is 7.84. The van der Waals surface area contributed by atoms with Gasteiger partial charge in [0.2, 0.25) is 5.91 Å². The average molecular weight is 383 g/mol. The molecule has 0 fully saturated rings. The molecule has 0 aliphatic carbocycles. The minimum Gasteiger partial charge on any atom is -0.356 e. The zero-order chi connectivity index (χ0) is 18.0. The Bertz CT molecular complexity index is 944. The summed E-state index contributed by atoms with van der Waals surface area (Å²) in [6.07, 6.45) is -0.0907. The summed E-state index contributed by atoms with van der Waals surface area (Å²) in [7, 11) is 0. The van der Waals surface area contributed by atoms with E-state index in [9.17, 15) is 13.6 Å². The second-order valence-electron chi connectivity index (χ2n) is 5.16. The molecule has 1 aromatic heterocycles. The Morgan fingerprint density at radius 1 is 1.08 bits per heavy atom. The SMILES string of the molecule is O=C(Cc1cc(-c2ccc(F)cc2F)on1)Nc1ccc(Cl)c(Cl)c1. The quantitative estimate of drug-likeness (QED) is 0.682. The van der Waals surface area contributed by atoms with Gasteiger partial charge in [-0.3, -0.25) is 4.79 Å². The van der Waals surface area contributed by atoms with E-state index >= 15 is 0 Å². The van der Waals surface area contributed by atoms with Crippen molar-refractivity contribution in [1.82, 2.24) is 5.16 Å². The molecular weight excluding hydrogens is 373 g/mol. The molecular formula is C17H10Cl2F2N2O2. The number of amides is 1. The Balaban J connectivity index is 1.70. The lowest BCUT2D eigenvalue weighted by atomic mass is 10.1. The van der Waals surface area contributed by atoms with Crippen LogP contribution in [0, 0.1) is 11.6 Å². The first kappa shape index (κ1) is 17.4. The molecule has 128 valence electrons. The van der Waals surface area contributed by atoms with E-state index in [1.54, 1.807) is 12.1 Å². The van der Waals surface area contributed by atoms with Gasteiger partial charge in [0.1, 0.15) is 11.6 Å². The number of halogens is 4. The molecule has 1 heterocycles. The van der Waals surface area contributed by atoms with Crippen LogP contribution in [-0.4, -0.2) is 11.1 Å². The first-order chi connectivity index (χ1) is 11.9. The number of rotatable bonds is 4. The number of carbonyl (C=O) groups excluding carboxylic acids is 1. The molecule has 3 rings (SSSR count). The molecule has 2 aromatic carbocycles. The molecule has 0 saturated heterocycles. The fraction of sp³-hybridized carbons (Fsp3) is 0.0588. The summed E-state index contributed by atoms with van der Waals surface area (Å²) in [4.78, 5) is 12.0. The smallest absolute Gasteiger partial charge is 0.230 e. The fourth-order valence-corrected chi connectivity index (χ4v) is 2.45. The van der Waals surface area contributed by atoms with Crippen molar-refractivity contribution in [3.63, 3.8) is 0 Å². The lowest BCUT2D eigenvalue weighted by molar-refractivity contribution is -0.115. The minimum absolute atomic E-state index is 0.0602. The predicted octanol–water partition coefficient (Wildman–Crippen LogP) is 5.11. The lowest BCUT2D eigenvalue weighted by Gasteiger charge is -2.05. The van der Waals surface area contributed by atoms with Crippen LogP contribution >= 0.6 is 23.2 Å². The summed E-state index contributed by atoms with van der Waals surface area (Å²) >= 11 is 11.7. The fourth-order valence-electron chi connectivity index (χ4n) is 2.15. The second kappa shape index (κ2) is 7.21. The number of aromatic nitrogens is 1. The number of nitrogens with zero attached hydrogens (tertiary/aromatic N) is 1. The molecule has 25 heavy (non-hydrogen) atoms. The molecule has 1 amide bonds. The number of anilines is 1. The molecule has 0 radical (unpaired) electrons. The summed E-state index contributed by atoms with van der Waals surface area (Å²) in [5.74, 6) is -1.72. The van der Waals surface area contributed by atoms with Gasteiger partial charge in [-0.1, -0.05) is 28.4 Å². The van der Waals surface area contributed by atoms with Crippen molar-refractivity contribution in [2.24, 2.45) is 0 Å². The van der Waals surface area contributed by atoms with E-state index in [0.29, 0.717) is 21.4 Å². The molecule has 1 N–H and O–H groups in total. The third-order valence-electron chi connectivity index (χ3n) is 3.30. The number of carbonyl (C=O) groups is 1. The summed E-state index contributed by atoms with van der Waals surface area (Å²) in [6.45, 7) is 0. The van der Waals surface area contributed by atoms with E-state index in [1.807, 2.05) is 0 Å². The van der Waals surface area contributed by atoms with E-state index in [1.165, 1.54) is 18.2 Å². The maximum atomic E-state index is 13.7. The highest BCUT2D eigenvalue weighted by molar-refractivity contribution is 6.42. The Labute approximate surface area is 151 Å². The van der Waals surface area contributed by atoms with E-state index in [-0.39, 0.29) is 23.7 Å². The van der Waals surface area contributed by atoms with Crippen LogP contribution in [-0.2, 0) is 11.2 Å². The second-order valence-corrected chi connectivity index (χ2v) is 5.97. The van der Waals surface area contributed by atoms with E-state index in [4.69, 9.17) is 27.7 Å². The zero-order valence-corrected chi connectivity index (χ0v) is 14.0. The van der Waals surface area contributed by atoms with Crippen LogP contribution in [0.25, 0.3) is 11.3 Å². The Morgan fingerprint density at radius 2 is 1.88 bits per heavy atom. The summed E-state index contributed by atoms with van der Waals surface area (Å²) in [6, 6.07) is 9.20. The highest BCUT2D eigenvalue weighted by Crippen LogP contribution is 2.26. The van der Waals surface area contributed by atoms with Crippen molar-refractivity contribution in [3.05, 3.63) is 69.8 Å². The van der Waals surface area contributed by atoms with Gasteiger partial charge >= 0.3 is 0 Å². The van der Waals surface area contributed by atoms with Gasteiger partial charge < -0.3 is 9.84 Å². The number of benzene rings is 2. The van der Waals surface area contributed by atoms with Crippen LogP contribution in [0.15, 0.2) is 47.0 Å². The molecule has 0 aliphatic heterocycles. The Hall–Kier alpha value is -2.44. The average Bonchev–Trinajstić information content (AvgIpc) is 2.99. The van der Waals surface area contributed by atoms with Gasteiger partial charge in [-0.15, -0.1) is 0 Å². The van der Waals surface area contributed by atoms with Crippen molar-refractivity contribution in [3.8, 4) is 11.3 Å². The van der Waals surface area contributed by atoms with Crippen LogP contribution < -0.4 is 5.32 Å². The molecule has 0 spiro atoms. The normalized spacial score (nSPS) is 10.7. The van der Waals surface area contributed by atoms with Gasteiger partial charge in [-0.2, -0.15) is 0 Å². The molecule has 0 saturated carbocycles. The van der Waals surface area contributed by atoms with Crippen LogP contribution in [0.5, 0.6) is 0 Å². The van der Waals surface area contributed by atoms with E-state index in [2.05, 4.69) is 10.5 Å². The number of hydrogen-bond acceptors (Lipinski definition) is 3. The van der Waals surface area contributed by atoms with E-state index < -0.39 is 11.6 Å². The predicted molar refractivity (Wildman–Crippen MR) is 90.7 cm³/mol. The van der Waals surface area contributed by atoms with Gasteiger partial charge in [-0.05, 0) is 30.3 Å². The minimum atomic E-state index is -0.775. The van der Waals surface area contributed by atoms with Gasteiger partial charge in [0.25, 0.3) is 0 Å². The highest BCUT2D eigenvalue weighted by atomic mass is 35.5. The maximum absolute atomic E-state index is 13.7. The summed E-state index contributed by atoms with van der Waals surface area (Å²) < 4.78 is 31.7. The van der Waals surface area contributed by atoms with Crippen LogP contribution in [0.1, 0.15) is 5.69 Å². The van der Waals surface area contributed by atoms with Crippen LogP contribution in [0.3, 0.4) is 0 Å². The molecule has 0 aliphatic rings. The van der Waals surface area contributed by atoms with Gasteiger partial charge in [0.05, 0.1) is 27.7 Å². The molecule has 4 nitrogen and oxygen atoms in total. The molecule has 8 heteroatoms. The molecule has 0 unspecified atom stereocenters. The zero-order valence-electron chi connectivity index (χ0n) is 12.5. The van der Waals surface area contributed by atoms with Crippen molar-refractivity contribution in [2.45, 2.75) is 6.42 Å². The Morgan fingerprint density at radius 3 is 2.60 bits per heavy atom. The summed E-state index contributed by atoms with van der Waals surface area (Å²) in [5, 5.41) is 7.06. The van der Waals surface area contributed by atoms with Gasteiger partial charge in [-0.25, -0.2) is 8.78 Å². The van der Waals surface area contributed by atoms with Crippen LogP contribution in [0.4, 0.5) is 14.5 Å². The molecule has 0 bridgehead atoms. The van der Waals surface area contributed by atoms with Gasteiger partial charge in [0.15, 0.2) is 5.76 Å². The van der Waals surface area contributed by atoms with Crippen molar-refractivity contribution < 1.29 is 18.1 Å². The Kier molecular flexibility index (Phi) is 5.01. The van der Waals surface area contributed by atoms with Gasteiger partial charge in [0, 0.05) is 17.8 Å². The first-order valence-electron chi connectivity index (χ1n) is 7.08. The topological polar surface area (TPSA) is 55.1 Å². The largest absolute Gasteiger partial charge is 0.356 e. The van der Waals surface area contributed by atoms with Crippen molar-refractivity contribution in [1.29, 1.82) is 0 Å². The van der Waals surface area contributed by atoms with Crippen molar-refractivity contribution in [2.75, 3.05) is 5.32 Å². The third kappa shape index (κ3) is 4.15. The summed E-state index contributed by atoms with van der Waals surface area (Å²) in [5.41, 5.74) is 0.842. The van der Waals surface area contributed by atoms with Crippen molar-refractivity contribution >= 4 is 34.8 Å². The number of nitrogens with one attached hydrogen (secondary N) is 1. The molecule has 0 atom stereocenters. The van der Waals surface area contributed by atoms with E-state index in [0.717, 1.165) is 12.1 Å². The third-order valence-corrected chi connectivity index (χ3v) is 4.04. The highest BCUT2D eigenvalue weighted by Gasteiger charge is 2.14.